The maximum absolute atomic E-state index is 12.4. The third kappa shape index (κ3) is 3.15. The largest absolute Gasteiger partial charge is 0.442 e. The Morgan fingerprint density at radius 1 is 1.32 bits per heavy atom. The van der Waals surface area contributed by atoms with Crippen molar-refractivity contribution in [3.05, 3.63) is 36.0 Å². The summed E-state index contributed by atoms with van der Waals surface area (Å²) in [4.78, 5) is 0. The van der Waals surface area contributed by atoms with Crippen molar-refractivity contribution in [2.45, 2.75) is 43.7 Å². The average molecular weight is 321 g/mol. The smallest absolute Gasteiger partial charge is 0.274 e. The van der Waals surface area contributed by atoms with Gasteiger partial charge in [-0.3, -0.25) is 5.10 Å². The molecule has 7 heteroatoms. The van der Waals surface area contributed by atoms with E-state index in [0.717, 1.165) is 24.8 Å². The van der Waals surface area contributed by atoms with Gasteiger partial charge in [-0.15, -0.1) is 0 Å². The van der Waals surface area contributed by atoms with Crippen LogP contribution in [0.2, 0.25) is 0 Å². The number of nitrogens with zero attached hydrogens (tertiary/aromatic N) is 1. The van der Waals surface area contributed by atoms with Gasteiger partial charge >= 0.3 is 0 Å². The van der Waals surface area contributed by atoms with Crippen molar-refractivity contribution in [3.63, 3.8) is 0 Å². The van der Waals surface area contributed by atoms with E-state index in [2.05, 4.69) is 21.0 Å². The molecule has 0 aliphatic heterocycles. The van der Waals surface area contributed by atoms with Gasteiger partial charge in [-0.25, -0.2) is 13.1 Å². The summed E-state index contributed by atoms with van der Waals surface area (Å²) in [6, 6.07) is 4.58. The van der Waals surface area contributed by atoms with Crippen LogP contribution >= 0.6 is 0 Å². The van der Waals surface area contributed by atoms with E-state index in [1.807, 2.05) is 6.92 Å². The molecule has 1 aliphatic rings. The van der Waals surface area contributed by atoms with E-state index in [9.17, 15) is 8.42 Å². The van der Waals surface area contributed by atoms with Crippen molar-refractivity contribution < 1.29 is 12.8 Å². The summed E-state index contributed by atoms with van der Waals surface area (Å²) < 4.78 is 32.9. The first-order valence-electron chi connectivity index (χ1n) is 7.37. The molecule has 0 saturated carbocycles. The van der Waals surface area contributed by atoms with E-state index in [1.54, 1.807) is 18.3 Å². The zero-order valence-corrected chi connectivity index (χ0v) is 13.2. The molecule has 0 fully saturated rings. The van der Waals surface area contributed by atoms with Crippen LogP contribution in [0.3, 0.4) is 0 Å². The van der Waals surface area contributed by atoms with Crippen LogP contribution in [0.25, 0.3) is 11.5 Å². The predicted molar refractivity (Wildman–Crippen MR) is 82.6 cm³/mol. The normalized spacial score (nSPS) is 17.2. The molecule has 1 unspecified atom stereocenters. The molecule has 6 nitrogen and oxygen atoms in total. The Kier molecular flexibility index (Phi) is 4.17. The summed E-state index contributed by atoms with van der Waals surface area (Å²) in [5.41, 5.74) is 1.79. The Bertz CT molecular complexity index is 760. The molecular formula is C15H19N3O3S. The lowest BCUT2D eigenvalue weighted by molar-refractivity contribution is 0.452. The number of aromatic nitrogens is 2. The van der Waals surface area contributed by atoms with E-state index in [-0.39, 0.29) is 11.1 Å². The summed E-state index contributed by atoms with van der Waals surface area (Å²) in [7, 11) is -3.67. The van der Waals surface area contributed by atoms with Gasteiger partial charge in [0.15, 0.2) is 5.76 Å². The second-order valence-corrected chi connectivity index (χ2v) is 7.10. The second kappa shape index (κ2) is 6.10. The van der Waals surface area contributed by atoms with E-state index < -0.39 is 10.0 Å². The maximum atomic E-state index is 12.4. The molecule has 2 heterocycles. The fraction of sp³-hybridized carbons (Fsp3) is 0.400. The van der Waals surface area contributed by atoms with Gasteiger partial charge in [0, 0.05) is 12.2 Å². The molecule has 0 radical (unpaired) electrons. The Hall–Kier alpha value is -1.86. The molecule has 0 spiro atoms. The zero-order chi connectivity index (χ0) is 15.6. The lowest BCUT2D eigenvalue weighted by Gasteiger charge is -2.20. The minimum absolute atomic E-state index is 0.0830. The second-order valence-electron chi connectivity index (χ2n) is 5.46. The van der Waals surface area contributed by atoms with Crippen molar-refractivity contribution in [2.75, 3.05) is 0 Å². The Balaban J connectivity index is 1.77. The minimum Gasteiger partial charge on any atom is -0.442 e. The molecule has 0 saturated heterocycles. The van der Waals surface area contributed by atoms with E-state index in [4.69, 9.17) is 4.42 Å². The van der Waals surface area contributed by atoms with Crippen LogP contribution in [0.4, 0.5) is 0 Å². The van der Waals surface area contributed by atoms with Gasteiger partial charge in [0.05, 0.1) is 0 Å². The van der Waals surface area contributed by atoms with Gasteiger partial charge in [-0.1, -0.05) is 11.6 Å². The lowest BCUT2D eigenvalue weighted by atomic mass is 9.95. The van der Waals surface area contributed by atoms with Crippen LogP contribution in [0, 0.1) is 0 Å². The van der Waals surface area contributed by atoms with Gasteiger partial charge in [0.25, 0.3) is 10.0 Å². The van der Waals surface area contributed by atoms with Gasteiger partial charge in [-0.2, -0.15) is 5.10 Å². The molecule has 1 atom stereocenters. The number of H-pyrrole nitrogens is 1. The first-order chi connectivity index (χ1) is 10.6. The Labute approximate surface area is 129 Å². The first kappa shape index (κ1) is 15.1. The van der Waals surface area contributed by atoms with Gasteiger partial charge in [0.1, 0.15) is 5.69 Å². The summed E-state index contributed by atoms with van der Waals surface area (Å²) in [5, 5.41) is 6.48. The van der Waals surface area contributed by atoms with Crippen LogP contribution in [0.5, 0.6) is 0 Å². The fourth-order valence-corrected chi connectivity index (χ4v) is 3.80. The number of aromatic amines is 1. The van der Waals surface area contributed by atoms with Crippen molar-refractivity contribution >= 4 is 10.0 Å². The molecule has 22 heavy (non-hydrogen) atoms. The van der Waals surface area contributed by atoms with Crippen molar-refractivity contribution in [3.8, 4) is 11.5 Å². The van der Waals surface area contributed by atoms with Crippen LogP contribution in [0.15, 0.2) is 45.6 Å². The van der Waals surface area contributed by atoms with Crippen molar-refractivity contribution in [2.24, 2.45) is 0 Å². The van der Waals surface area contributed by atoms with Crippen LogP contribution in [-0.2, 0) is 10.0 Å². The number of hydrogen-bond acceptors (Lipinski definition) is 4. The minimum atomic E-state index is -3.67. The molecule has 118 valence electrons. The van der Waals surface area contributed by atoms with Crippen LogP contribution in [0.1, 0.15) is 32.6 Å². The SMILES string of the molecule is CC(NS(=O)(=O)c1ccc(-c2ccn[nH]2)o1)C1=CCCCC1. The van der Waals surface area contributed by atoms with Gasteiger partial charge in [-0.05, 0) is 50.8 Å². The number of rotatable bonds is 5. The predicted octanol–water partition coefficient (Wildman–Crippen LogP) is 2.84. The third-order valence-corrected chi connectivity index (χ3v) is 5.24. The molecule has 0 aromatic carbocycles. The molecule has 2 N–H and O–H groups in total. The summed E-state index contributed by atoms with van der Waals surface area (Å²) in [5.74, 6) is 0.447. The molecule has 0 bridgehead atoms. The molecule has 2 aromatic heterocycles. The summed E-state index contributed by atoms with van der Waals surface area (Å²) >= 11 is 0. The van der Waals surface area contributed by atoms with E-state index in [1.165, 1.54) is 12.5 Å². The Morgan fingerprint density at radius 3 is 2.86 bits per heavy atom. The first-order valence-corrected chi connectivity index (χ1v) is 8.85. The number of nitrogens with one attached hydrogen (secondary N) is 2. The number of allylic oxidation sites excluding steroid dienone is 1. The highest BCUT2D eigenvalue weighted by Crippen LogP contribution is 2.24. The molecule has 3 rings (SSSR count). The Morgan fingerprint density at radius 2 is 2.18 bits per heavy atom. The zero-order valence-electron chi connectivity index (χ0n) is 12.4. The molecular weight excluding hydrogens is 302 g/mol. The molecule has 0 amide bonds. The lowest BCUT2D eigenvalue weighted by Crippen LogP contribution is -2.34. The highest BCUT2D eigenvalue weighted by atomic mass is 32.2. The quantitative estimate of drug-likeness (QED) is 0.829. The topological polar surface area (TPSA) is 88.0 Å². The summed E-state index contributed by atoms with van der Waals surface area (Å²) in [6.07, 6.45) is 7.97. The van der Waals surface area contributed by atoms with Gasteiger partial charge in [0.2, 0.25) is 5.09 Å². The molecule has 1 aliphatic carbocycles. The average Bonchev–Trinajstić information content (AvgIpc) is 3.19. The highest BCUT2D eigenvalue weighted by Gasteiger charge is 2.24. The number of sulfonamides is 1. The van der Waals surface area contributed by atoms with E-state index >= 15 is 0 Å². The molecule has 2 aromatic rings. The van der Waals surface area contributed by atoms with Crippen LogP contribution < -0.4 is 4.72 Å². The van der Waals surface area contributed by atoms with Gasteiger partial charge < -0.3 is 4.42 Å². The third-order valence-electron chi connectivity index (χ3n) is 3.83. The maximum Gasteiger partial charge on any atom is 0.274 e. The van der Waals surface area contributed by atoms with Crippen molar-refractivity contribution in [1.82, 2.24) is 14.9 Å². The fourth-order valence-electron chi connectivity index (χ4n) is 2.63. The summed E-state index contributed by atoms with van der Waals surface area (Å²) in [6.45, 7) is 1.87. The van der Waals surface area contributed by atoms with Crippen molar-refractivity contribution in [1.29, 1.82) is 0 Å². The van der Waals surface area contributed by atoms with Crippen LogP contribution in [-0.4, -0.2) is 24.7 Å². The number of furan rings is 1. The highest BCUT2D eigenvalue weighted by molar-refractivity contribution is 7.89. The van der Waals surface area contributed by atoms with E-state index in [0.29, 0.717) is 11.5 Å². The number of hydrogen-bond donors (Lipinski definition) is 2. The monoisotopic (exact) mass is 321 g/mol. The standard InChI is InChI=1S/C15H19N3O3S/c1-11(12-5-3-2-4-6-12)18-22(19,20)15-8-7-14(21-15)13-9-10-16-17-13/h5,7-11,18H,2-4,6H2,1H3,(H,16,17).